The van der Waals surface area contributed by atoms with Crippen LogP contribution in [0.3, 0.4) is 0 Å². The number of thiophene rings is 1. The molecule has 1 nitrogen and oxygen atoms in total. The Morgan fingerprint density at radius 1 is 1.46 bits per heavy atom. The SMILES string of the molecule is O=Cc1cccc2c(Cl)c(F)sc12. The van der Waals surface area contributed by atoms with Gasteiger partial charge in [-0.25, -0.2) is 0 Å². The fourth-order valence-corrected chi connectivity index (χ4v) is 2.40. The first-order chi connectivity index (χ1) is 6.24. The van der Waals surface area contributed by atoms with Crippen LogP contribution in [0.5, 0.6) is 0 Å². The summed E-state index contributed by atoms with van der Waals surface area (Å²) in [5.74, 6) is 0. The predicted octanol–water partition coefficient (Wildman–Crippen LogP) is 3.51. The van der Waals surface area contributed by atoms with Gasteiger partial charge in [0.05, 0.1) is 5.02 Å². The molecule has 13 heavy (non-hydrogen) atoms. The Bertz CT molecular complexity index is 478. The average Bonchev–Trinajstić information content (AvgIpc) is 2.43. The van der Waals surface area contributed by atoms with Crippen molar-refractivity contribution in [2.45, 2.75) is 0 Å². The summed E-state index contributed by atoms with van der Waals surface area (Å²) in [6.45, 7) is 0. The molecule has 0 saturated heterocycles. The number of carbonyl (C=O) groups excluding carboxylic acids is 1. The fraction of sp³-hybridized carbons (Fsp3) is 0. The first-order valence-electron chi connectivity index (χ1n) is 3.55. The number of fused-ring (bicyclic) bond motifs is 1. The second-order valence-electron chi connectivity index (χ2n) is 2.53. The molecule has 1 aromatic carbocycles. The highest BCUT2D eigenvalue weighted by Gasteiger charge is 2.11. The molecule has 0 atom stereocenters. The van der Waals surface area contributed by atoms with E-state index >= 15 is 0 Å². The Hall–Kier alpha value is -0.930. The van der Waals surface area contributed by atoms with Crippen LogP contribution in [-0.2, 0) is 0 Å². The Morgan fingerprint density at radius 2 is 2.23 bits per heavy atom. The number of hydrogen-bond donors (Lipinski definition) is 0. The van der Waals surface area contributed by atoms with Crippen molar-refractivity contribution >= 4 is 39.3 Å². The summed E-state index contributed by atoms with van der Waals surface area (Å²) in [7, 11) is 0. The summed E-state index contributed by atoms with van der Waals surface area (Å²) in [5, 5.41) is 0.267. The second kappa shape index (κ2) is 3.09. The summed E-state index contributed by atoms with van der Waals surface area (Å²) in [6.07, 6.45) is 0.703. The van der Waals surface area contributed by atoms with Gasteiger partial charge >= 0.3 is 0 Å². The van der Waals surface area contributed by atoms with Crippen molar-refractivity contribution in [1.29, 1.82) is 0 Å². The molecule has 0 aliphatic rings. The quantitative estimate of drug-likeness (QED) is 0.664. The topological polar surface area (TPSA) is 17.1 Å². The maximum Gasteiger partial charge on any atom is 0.196 e. The third-order valence-electron chi connectivity index (χ3n) is 1.77. The standard InChI is InChI=1S/C9H4ClFOS/c10-7-6-3-1-2-5(4-12)8(6)13-9(7)11/h1-4H. The van der Waals surface area contributed by atoms with Crippen molar-refractivity contribution in [1.82, 2.24) is 0 Å². The lowest BCUT2D eigenvalue weighted by molar-refractivity contribution is 0.112. The molecular formula is C9H4ClFOS. The van der Waals surface area contributed by atoms with Gasteiger partial charge in [0.1, 0.15) is 0 Å². The van der Waals surface area contributed by atoms with Gasteiger partial charge in [0.2, 0.25) is 0 Å². The Labute approximate surface area is 82.7 Å². The van der Waals surface area contributed by atoms with Crippen molar-refractivity contribution in [3.63, 3.8) is 0 Å². The molecule has 0 bridgehead atoms. The summed E-state index contributed by atoms with van der Waals surface area (Å²) in [4.78, 5) is 10.6. The van der Waals surface area contributed by atoms with Gasteiger partial charge in [0.15, 0.2) is 11.4 Å². The van der Waals surface area contributed by atoms with Crippen LogP contribution in [0.15, 0.2) is 18.2 Å². The number of benzene rings is 1. The van der Waals surface area contributed by atoms with E-state index in [1.165, 1.54) is 0 Å². The normalized spacial score (nSPS) is 10.6. The summed E-state index contributed by atoms with van der Waals surface area (Å²) in [5.41, 5.74) is 0.480. The molecule has 0 N–H and O–H groups in total. The Kier molecular flexibility index (Phi) is 2.06. The van der Waals surface area contributed by atoms with Crippen LogP contribution in [0.25, 0.3) is 10.1 Å². The van der Waals surface area contributed by atoms with E-state index in [2.05, 4.69) is 0 Å². The van der Waals surface area contributed by atoms with Crippen molar-refractivity contribution < 1.29 is 9.18 Å². The molecule has 1 heterocycles. The molecule has 0 saturated carbocycles. The summed E-state index contributed by atoms with van der Waals surface area (Å²) < 4.78 is 13.6. The molecule has 66 valence electrons. The van der Waals surface area contributed by atoms with Gasteiger partial charge in [-0.05, 0) is 0 Å². The lowest BCUT2D eigenvalue weighted by atomic mass is 10.2. The van der Waals surface area contributed by atoms with Gasteiger partial charge in [0, 0.05) is 15.6 Å². The summed E-state index contributed by atoms with van der Waals surface area (Å²) >= 11 is 6.59. The van der Waals surface area contributed by atoms with Crippen LogP contribution in [0.4, 0.5) is 4.39 Å². The van der Waals surface area contributed by atoms with Crippen LogP contribution in [0, 0.1) is 5.13 Å². The highest BCUT2D eigenvalue weighted by atomic mass is 35.5. The minimum atomic E-state index is -0.439. The van der Waals surface area contributed by atoms with Gasteiger partial charge in [-0.3, -0.25) is 4.79 Å². The maximum atomic E-state index is 13.0. The van der Waals surface area contributed by atoms with E-state index in [9.17, 15) is 9.18 Å². The zero-order chi connectivity index (χ0) is 9.42. The van der Waals surface area contributed by atoms with Crippen LogP contribution < -0.4 is 0 Å². The molecule has 0 radical (unpaired) electrons. The molecule has 0 aliphatic heterocycles. The zero-order valence-corrected chi connectivity index (χ0v) is 7.95. The van der Waals surface area contributed by atoms with Crippen LogP contribution in [0.2, 0.25) is 5.02 Å². The molecule has 0 unspecified atom stereocenters. The van der Waals surface area contributed by atoms with E-state index in [0.717, 1.165) is 11.3 Å². The molecular weight excluding hydrogens is 211 g/mol. The van der Waals surface area contributed by atoms with Gasteiger partial charge < -0.3 is 0 Å². The highest BCUT2D eigenvalue weighted by molar-refractivity contribution is 7.18. The fourth-order valence-electron chi connectivity index (χ4n) is 1.17. The molecule has 1 aromatic heterocycles. The molecule has 0 fully saturated rings. The van der Waals surface area contributed by atoms with E-state index in [4.69, 9.17) is 11.6 Å². The molecule has 2 rings (SSSR count). The molecule has 2 aromatic rings. The van der Waals surface area contributed by atoms with Crippen molar-refractivity contribution in [2.24, 2.45) is 0 Å². The Balaban J connectivity index is 2.92. The largest absolute Gasteiger partial charge is 0.298 e. The molecule has 0 amide bonds. The minimum Gasteiger partial charge on any atom is -0.298 e. The van der Waals surface area contributed by atoms with Crippen molar-refractivity contribution in [2.75, 3.05) is 0 Å². The number of aldehydes is 1. The number of carbonyl (C=O) groups is 1. The van der Waals surface area contributed by atoms with Crippen LogP contribution in [0.1, 0.15) is 10.4 Å². The van der Waals surface area contributed by atoms with E-state index in [1.807, 2.05) is 0 Å². The second-order valence-corrected chi connectivity index (χ2v) is 3.88. The van der Waals surface area contributed by atoms with Crippen LogP contribution >= 0.6 is 22.9 Å². The molecule has 0 aliphatic carbocycles. The number of rotatable bonds is 1. The minimum absolute atomic E-state index is 0.101. The van der Waals surface area contributed by atoms with Crippen molar-refractivity contribution in [3.05, 3.63) is 33.9 Å². The lowest BCUT2D eigenvalue weighted by Crippen LogP contribution is -1.77. The van der Waals surface area contributed by atoms with E-state index in [-0.39, 0.29) is 5.02 Å². The number of hydrogen-bond acceptors (Lipinski definition) is 2. The molecule has 4 heteroatoms. The van der Waals surface area contributed by atoms with E-state index in [0.29, 0.717) is 21.9 Å². The molecule has 0 spiro atoms. The highest BCUT2D eigenvalue weighted by Crippen LogP contribution is 2.35. The Morgan fingerprint density at radius 3 is 2.92 bits per heavy atom. The predicted molar refractivity (Wildman–Crippen MR) is 52.2 cm³/mol. The van der Waals surface area contributed by atoms with E-state index < -0.39 is 5.13 Å². The third kappa shape index (κ3) is 1.24. The van der Waals surface area contributed by atoms with Gasteiger partial charge in [-0.15, -0.1) is 11.3 Å². The summed E-state index contributed by atoms with van der Waals surface area (Å²) in [6, 6.07) is 5.02. The van der Waals surface area contributed by atoms with Gasteiger partial charge in [0.25, 0.3) is 0 Å². The monoisotopic (exact) mass is 214 g/mol. The van der Waals surface area contributed by atoms with E-state index in [1.54, 1.807) is 18.2 Å². The lowest BCUT2D eigenvalue weighted by Gasteiger charge is -1.91. The van der Waals surface area contributed by atoms with Gasteiger partial charge in [-0.1, -0.05) is 29.8 Å². The third-order valence-corrected chi connectivity index (χ3v) is 3.30. The first kappa shape index (κ1) is 8.66. The first-order valence-corrected chi connectivity index (χ1v) is 4.75. The zero-order valence-electron chi connectivity index (χ0n) is 6.38. The number of halogens is 2. The van der Waals surface area contributed by atoms with Crippen molar-refractivity contribution in [3.8, 4) is 0 Å². The van der Waals surface area contributed by atoms with Crippen LogP contribution in [-0.4, -0.2) is 6.29 Å². The van der Waals surface area contributed by atoms with Gasteiger partial charge in [-0.2, -0.15) is 4.39 Å². The average molecular weight is 215 g/mol. The smallest absolute Gasteiger partial charge is 0.196 e. The maximum absolute atomic E-state index is 13.0.